The number of H-pyrrole nitrogens is 1. The zero-order valence-electron chi connectivity index (χ0n) is 13.0. The summed E-state index contributed by atoms with van der Waals surface area (Å²) in [5.41, 5.74) is 6.29. The highest BCUT2D eigenvalue weighted by molar-refractivity contribution is 5.92. The SMILES string of the molecule is Cc1ccc(C#N)c(-c2ccncn2)c1-c1ccc2[nH]ncc2c1. The second-order valence-electron chi connectivity index (χ2n) is 5.56. The van der Waals surface area contributed by atoms with Crippen LogP contribution in [0.3, 0.4) is 0 Å². The Morgan fingerprint density at radius 1 is 1.08 bits per heavy atom. The number of nitrogens with zero attached hydrogens (tertiary/aromatic N) is 4. The molecule has 0 aliphatic carbocycles. The van der Waals surface area contributed by atoms with Crippen molar-refractivity contribution in [2.45, 2.75) is 6.92 Å². The topological polar surface area (TPSA) is 78.2 Å². The summed E-state index contributed by atoms with van der Waals surface area (Å²) in [4.78, 5) is 8.34. The first-order valence-electron chi connectivity index (χ1n) is 7.51. The van der Waals surface area contributed by atoms with Crippen LogP contribution in [0.1, 0.15) is 11.1 Å². The molecule has 0 amide bonds. The van der Waals surface area contributed by atoms with Gasteiger partial charge in [-0.2, -0.15) is 10.4 Å². The Morgan fingerprint density at radius 2 is 2.00 bits per heavy atom. The van der Waals surface area contributed by atoms with Gasteiger partial charge in [0.1, 0.15) is 6.33 Å². The van der Waals surface area contributed by atoms with Gasteiger partial charge in [0.25, 0.3) is 0 Å². The molecule has 114 valence electrons. The second-order valence-corrected chi connectivity index (χ2v) is 5.56. The number of nitriles is 1. The Kier molecular flexibility index (Phi) is 3.29. The van der Waals surface area contributed by atoms with E-state index < -0.39 is 0 Å². The zero-order valence-corrected chi connectivity index (χ0v) is 13.0. The lowest BCUT2D eigenvalue weighted by molar-refractivity contribution is 1.12. The molecule has 0 spiro atoms. The van der Waals surface area contributed by atoms with E-state index in [0.717, 1.165) is 38.9 Å². The highest BCUT2D eigenvalue weighted by Gasteiger charge is 2.16. The van der Waals surface area contributed by atoms with Gasteiger partial charge in [0.05, 0.1) is 29.0 Å². The maximum Gasteiger partial charge on any atom is 0.116 e. The van der Waals surface area contributed by atoms with E-state index in [9.17, 15) is 5.26 Å². The van der Waals surface area contributed by atoms with Crippen molar-refractivity contribution in [3.63, 3.8) is 0 Å². The molecule has 0 radical (unpaired) electrons. The average molecular weight is 311 g/mol. The van der Waals surface area contributed by atoms with Crippen LogP contribution in [0, 0.1) is 18.3 Å². The number of benzene rings is 2. The van der Waals surface area contributed by atoms with Crippen molar-refractivity contribution in [1.82, 2.24) is 20.2 Å². The van der Waals surface area contributed by atoms with Gasteiger partial charge in [-0.1, -0.05) is 12.1 Å². The number of hydrogen-bond acceptors (Lipinski definition) is 4. The molecular formula is C19H13N5. The van der Waals surface area contributed by atoms with Crippen molar-refractivity contribution >= 4 is 10.9 Å². The van der Waals surface area contributed by atoms with Gasteiger partial charge in [-0.3, -0.25) is 5.10 Å². The lowest BCUT2D eigenvalue weighted by Gasteiger charge is -2.14. The van der Waals surface area contributed by atoms with Crippen LogP contribution in [0.4, 0.5) is 0 Å². The summed E-state index contributed by atoms with van der Waals surface area (Å²) in [6.45, 7) is 2.04. The highest BCUT2D eigenvalue weighted by atomic mass is 15.1. The number of hydrogen-bond donors (Lipinski definition) is 1. The summed E-state index contributed by atoms with van der Waals surface area (Å²) in [7, 11) is 0. The van der Waals surface area contributed by atoms with Crippen molar-refractivity contribution in [1.29, 1.82) is 5.26 Å². The van der Waals surface area contributed by atoms with Crippen molar-refractivity contribution in [2.75, 3.05) is 0 Å². The minimum absolute atomic E-state index is 0.599. The first kappa shape index (κ1) is 14.1. The van der Waals surface area contributed by atoms with Crippen LogP contribution < -0.4 is 0 Å². The zero-order chi connectivity index (χ0) is 16.5. The van der Waals surface area contributed by atoms with Crippen LogP contribution in [-0.2, 0) is 0 Å². The molecule has 2 aromatic heterocycles. The van der Waals surface area contributed by atoms with E-state index in [1.165, 1.54) is 6.33 Å². The Hall–Kier alpha value is -3.52. The summed E-state index contributed by atoms with van der Waals surface area (Å²) in [6.07, 6.45) is 4.99. The van der Waals surface area contributed by atoms with Crippen molar-refractivity contribution in [3.05, 3.63) is 66.2 Å². The van der Waals surface area contributed by atoms with E-state index in [1.54, 1.807) is 12.4 Å². The number of rotatable bonds is 2. The van der Waals surface area contributed by atoms with Crippen LogP contribution >= 0.6 is 0 Å². The van der Waals surface area contributed by atoms with E-state index in [1.807, 2.05) is 37.3 Å². The predicted octanol–water partition coefficient (Wildman–Crippen LogP) is 3.87. The first-order chi connectivity index (χ1) is 11.8. The fraction of sp³-hybridized carbons (Fsp3) is 0.0526. The van der Waals surface area contributed by atoms with E-state index in [-0.39, 0.29) is 0 Å². The van der Waals surface area contributed by atoms with Gasteiger partial charge < -0.3 is 0 Å². The number of aromatic amines is 1. The van der Waals surface area contributed by atoms with E-state index in [4.69, 9.17) is 0 Å². The van der Waals surface area contributed by atoms with Gasteiger partial charge in [0.15, 0.2) is 0 Å². The minimum Gasteiger partial charge on any atom is -0.278 e. The minimum atomic E-state index is 0.599. The van der Waals surface area contributed by atoms with Gasteiger partial charge in [0.2, 0.25) is 0 Å². The van der Waals surface area contributed by atoms with Crippen molar-refractivity contribution < 1.29 is 0 Å². The Morgan fingerprint density at radius 3 is 2.79 bits per heavy atom. The third kappa shape index (κ3) is 2.22. The Labute approximate surface area is 138 Å². The smallest absolute Gasteiger partial charge is 0.116 e. The monoisotopic (exact) mass is 311 g/mol. The molecule has 0 bridgehead atoms. The molecule has 0 fully saturated rings. The molecule has 0 aliphatic rings. The van der Waals surface area contributed by atoms with Crippen LogP contribution in [0.2, 0.25) is 0 Å². The van der Waals surface area contributed by atoms with Gasteiger partial charge in [0, 0.05) is 17.1 Å². The average Bonchev–Trinajstić information content (AvgIpc) is 3.10. The third-order valence-electron chi connectivity index (χ3n) is 4.10. The predicted molar refractivity (Wildman–Crippen MR) is 92.0 cm³/mol. The van der Waals surface area contributed by atoms with E-state index >= 15 is 0 Å². The number of nitrogens with one attached hydrogen (secondary N) is 1. The van der Waals surface area contributed by atoms with E-state index in [0.29, 0.717) is 5.56 Å². The molecule has 0 saturated heterocycles. The molecule has 0 unspecified atom stereocenters. The third-order valence-corrected chi connectivity index (χ3v) is 4.10. The summed E-state index contributed by atoms with van der Waals surface area (Å²) < 4.78 is 0. The summed E-state index contributed by atoms with van der Waals surface area (Å²) in [5.74, 6) is 0. The van der Waals surface area contributed by atoms with Crippen LogP contribution in [0.25, 0.3) is 33.3 Å². The first-order valence-corrected chi connectivity index (χ1v) is 7.51. The fourth-order valence-electron chi connectivity index (χ4n) is 2.97. The highest BCUT2D eigenvalue weighted by Crippen LogP contribution is 2.37. The standard InChI is InChI=1S/C19H13N5/c1-12-2-3-14(9-20)19(17-6-7-21-11-22-17)18(12)13-4-5-16-15(8-13)10-23-24-16/h2-8,10-11H,1H3,(H,23,24). The van der Waals surface area contributed by atoms with E-state index in [2.05, 4.69) is 32.3 Å². The lowest BCUT2D eigenvalue weighted by Crippen LogP contribution is -1.95. The maximum atomic E-state index is 9.57. The molecule has 2 aromatic carbocycles. The lowest BCUT2D eigenvalue weighted by atomic mass is 9.89. The number of aromatic nitrogens is 4. The fourth-order valence-corrected chi connectivity index (χ4v) is 2.97. The molecule has 2 heterocycles. The number of aryl methyl sites for hydroxylation is 1. The quantitative estimate of drug-likeness (QED) is 0.609. The summed E-state index contributed by atoms with van der Waals surface area (Å²) in [6, 6.07) is 14.0. The number of fused-ring (bicyclic) bond motifs is 1. The molecule has 5 heteroatoms. The summed E-state index contributed by atoms with van der Waals surface area (Å²) in [5, 5.41) is 17.6. The van der Waals surface area contributed by atoms with Crippen molar-refractivity contribution in [3.8, 4) is 28.5 Å². The molecule has 5 nitrogen and oxygen atoms in total. The molecule has 4 rings (SSSR count). The molecule has 4 aromatic rings. The van der Waals surface area contributed by atoms with Gasteiger partial charge in [-0.25, -0.2) is 9.97 Å². The maximum absolute atomic E-state index is 9.57. The molecule has 0 saturated carbocycles. The molecular weight excluding hydrogens is 298 g/mol. The second kappa shape index (κ2) is 5.60. The molecule has 1 N–H and O–H groups in total. The van der Waals surface area contributed by atoms with Gasteiger partial charge in [-0.05, 0) is 47.9 Å². The summed E-state index contributed by atoms with van der Waals surface area (Å²) >= 11 is 0. The normalized spacial score (nSPS) is 10.7. The largest absolute Gasteiger partial charge is 0.278 e. The van der Waals surface area contributed by atoms with Crippen LogP contribution in [0.15, 0.2) is 55.1 Å². The van der Waals surface area contributed by atoms with Crippen LogP contribution in [-0.4, -0.2) is 20.2 Å². The molecule has 0 aliphatic heterocycles. The van der Waals surface area contributed by atoms with Gasteiger partial charge >= 0.3 is 0 Å². The van der Waals surface area contributed by atoms with Crippen LogP contribution in [0.5, 0.6) is 0 Å². The Balaban J connectivity index is 2.05. The van der Waals surface area contributed by atoms with Gasteiger partial charge in [-0.15, -0.1) is 0 Å². The molecule has 24 heavy (non-hydrogen) atoms. The van der Waals surface area contributed by atoms with Crippen molar-refractivity contribution in [2.24, 2.45) is 0 Å². The Bertz CT molecular complexity index is 1070. The molecule has 0 atom stereocenters.